The molecule has 43 heavy (non-hydrogen) atoms. The molecule has 206 valence electrons. The first-order valence-electron chi connectivity index (χ1n) is 14.9. The molecule has 0 fully saturated rings. The van der Waals surface area contributed by atoms with Gasteiger partial charge in [-0.2, -0.15) is 0 Å². The summed E-state index contributed by atoms with van der Waals surface area (Å²) in [5.74, 6) is 0. The van der Waals surface area contributed by atoms with Crippen molar-refractivity contribution in [2.75, 3.05) is 0 Å². The predicted octanol–water partition coefficient (Wildman–Crippen LogP) is 9.61. The first-order valence-corrected chi connectivity index (χ1v) is 16.6. The molecule has 0 spiro atoms. The minimum absolute atomic E-state index is 0.0723. The zero-order valence-corrected chi connectivity index (χ0v) is 25.2. The van der Waals surface area contributed by atoms with Gasteiger partial charge in [-0.05, 0) is 73.1 Å². The van der Waals surface area contributed by atoms with Crippen molar-refractivity contribution in [3.8, 4) is 22.3 Å². The lowest BCUT2D eigenvalue weighted by atomic mass is 9.81. The number of rotatable bonds is 4. The molecular formula is C41H31OP. The van der Waals surface area contributed by atoms with Crippen LogP contribution < -0.4 is 15.9 Å². The highest BCUT2D eigenvalue weighted by Crippen LogP contribution is 2.51. The molecule has 0 aliphatic heterocycles. The molecule has 0 aromatic heterocycles. The van der Waals surface area contributed by atoms with Crippen LogP contribution in [0.4, 0.5) is 0 Å². The first kappa shape index (κ1) is 26.0. The topological polar surface area (TPSA) is 17.1 Å². The van der Waals surface area contributed by atoms with Gasteiger partial charge in [-0.15, -0.1) is 0 Å². The summed E-state index contributed by atoms with van der Waals surface area (Å²) >= 11 is 0. The van der Waals surface area contributed by atoms with Crippen molar-refractivity contribution in [1.82, 2.24) is 0 Å². The van der Waals surface area contributed by atoms with E-state index in [4.69, 9.17) is 0 Å². The third kappa shape index (κ3) is 3.89. The van der Waals surface area contributed by atoms with E-state index in [0.29, 0.717) is 0 Å². The van der Waals surface area contributed by atoms with E-state index in [2.05, 4.69) is 105 Å². The SMILES string of the molecule is CC1(C)c2ccc(-c3cccc4c(P(=O)(c5ccccc5)c5ccccc5)cccc34)cc2-c2cc3ccccc3cc21. The highest BCUT2D eigenvalue weighted by molar-refractivity contribution is 7.85. The van der Waals surface area contributed by atoms with Gasteiger partial charge in [0.15, 0.2) is 7.14 Å². The monoisotopic (exact) mass is 570 g/mol. The molecule has 0 saturated carbocycles. The molecule has 7 aromatic rings. The fourth-order valence-corrected chi connectivity index (χ4v) is 10.00. The van der Waals surface area contributed by atoms with Gasteiger partial charge in [-0.3, -0.25) is 0 Å². The van der Waals surface area contributed by atoms with Crippen molar-refractivity contribution < 1.29 is 4.57 Å². The zero-order chi connectivity index (χ0) is 29.2. The summed E-state index contributed by atoms with van der Waals surface area (Å²) in [7, 11) is -3.13. The molecule has 0 atom stereocenters. The average Bonchev–Trinajstić information content (AvgIpc) is 3.28. The number of fused-ring (bicyclic) bond motifs is 5. The minimum Gasteiger partial charge on any atom is -0.309 e. The standard InChI is InChI=1S/C41H31OP/c1-41(2)38-24-23-30(26-36(38)37-25-28-13-9-10-14-29(28)27-39(37)41)33-19-11-21-35-34(33)20-12-22-40(35)43(42,31-15-5-3-6-16-31)32-17-7-4-8-18-32/h3-27H,1-2H3. The lowest BCUT2D eigenvalue weighted by Crippen LogP contribution is -2.25. The van der Waals surface area contributed by atoms with E-state index in [9.17, 15) is 0 Å². The third-order valence-electron chi connectivity index (χ3n) is 9.33. The van der Waals surface area contributed by atoms with E-state index < -0.39 is 7.14 Å². The third-order valence-corrected chi connectivity index (χ3v) is 12.5. The van der Waals surface area contributed by atoms with Crippen LogP contribution in [0.3, 0.4) is 0 Å². The Morgan fingerprint density at radius 3 is 1.74 bits per heavy atom. The molecule has 1 aliphatic rings. The number of benzene rings is 7. The van der Waals surface area contributed by atoms with Gasteiger partial charge in [0, 0.05) is 21.3 Å². The minimum atomic E-state index is -3.13. The van der Waals surface area contributed by atoms with E-state index in [1.165, 1.54) is 38.6 Å². The van der Waals surface area contributed by atoms with Crippen molar-refractivity contribution in [3.63, 3.8) is 0 Å². The molecule has 1 aliphatic carbocycles. The molecule has 7 aromatic carbocycles. The van der Waals surface area contributed by atoms with Crippen LogP contribution in [0.5, 0.6) is 0 Å². The lowest BCUT2D eigenvalue weighted by Gasteiger charge is -2.23. The van der Waals surface area contributed by atoms with E-state index in [0.717, 1.165) is 32.2 Å². The van der Waals surface area contributed by atoms with E-state index >= 15 is 4.57 Å². The van der Waals surface area contributed by atoms with Crippen LogP contribution in [0.1, 0.15) is 25.0 Å². The van der Waals surface area contributed by atoms with Crippen molar-refractivity contribution in [1.29, 1.82) is 0 Å². The largest absolute Gasteiger partial charge is 0.309 e. The Kier molecular flexibility index (Phi) is 5.83. The molecule has 2 heteroatoms. The van der Waals surface area contributed by atoms with Gasteiger partial charge >= 0.3 is 0 Å². The summed E-state index contributed by atoms with van der Waals surface area (Å²) in [5.41, 5.74) is 7.62. The van der Waals surface area contributed by atoms with Crippen LogP contribution in [0.15, 0.2) is 152 Å². The highest BCUT2D eigenvalue weighted by Gasteiger charge is 2.36. The Balaban J connectivity index is 1.34. The summed E-state index contributed by atoms with van der Waals surface area (Å²) in [6.07, 6.45) is 0. The van der Waals surface area contributed by atoms with Gasteiger partial charge in [-0.25, -0.2) is 0 Å². The molecule has 0 unspecified atom stereocenters. The predicted molar refractivity (Wildman–Crippen MR) is 184 cm³/mol. The highest BCUT2D eigenvalue weighted by atomic mass is 31.2. The van der Waals surface area contributed by atoms with E-state index in [1.54, 1.807) is 0 Å². The second-order valence-electron chi connectivity index (χ2n) is 12.1. The molecule has 8 rings (SSSR count). The number of hydrogen-bond acceptors (Lipinski definition) is 1. The van der Waals surface area contributed by atoms with Gasteiger partial charge in [0.2, 0.25) is 0 Å². The summed E-state index contributed by atoms with van der Waals surface area (Å²) in [5, 5.41) is 7.27. The molecule has 0 radical (unpaired) electrons. The maximum atomic E-state index is 15.3. The number of hydrogen-bond donors (Lipinski definition) is 0. The van der Waals surface area contributed by atoms with Gasteiger partial charge in [0.25, 0.3) is 0 Å². The van der Waals surface area contributed by atoms with E-state index in [-0.39, 0.29) is 5.41 Å². The Morgan fingerprint density at radius 2 is 1.05 bits per heavy atom. The fraction of sp³-hybridized carbons (Fsp3) is 0.0732. The molecule has 1 nitrogen and oxygen atoms in total. The van der Waals surface area contributed by atoms with Gasteiger partial charge in [0.1, 0.15) is 0 Å². The van der Waals surface area contributed by atoms with Crippen LogP contribution in [0.25, 0.3) is 43.8 Å². The van der Waals surface area contributed by atoms with Gasteiger partial charge in [-0.1, -0.05) is 147 Å². The smallest absolute Gasteiger partial charge is 0.171 e. The van der Waals surface area contributed by atoms with Gasteiger partial charge in [0.05, 0.1) is 0 Å². The first-order chi connectivity index (χ1) is 21.0. The van der Waals surface area contributed by atoms with Crippen molar-refractivity contribution >= 4 is 44.6 Å². The lowest BCUT2D eigenvalue weighted by molar-refractivity contribution is 0.592. The summed E-state index contributed by atoms with van der Waals surface area (Å²) in [4.78, 5) is 0. The second-order valence-corrected chi connectivity index (χ2v) is 14.8. The van der Waals surface area contributed by atoms with E-state index in [1.807, 2.05) is 60.7 Å². The average molecular weight is 571 g/mol. The van der Waals surface area contributed by atoms with Crippen LogP contribution in [0.2, 0.25) is 0 Å². The molecule has 0 bridgehead atoms. The van der Waals surface area contributed by atoms with Crippen molar-refractivity contribution in [2.24, 2.45) is 0 Å². The van der Waals surface area contributed by atoms with Crippen LogP contribution >= 0.6 is 7.14 Å². The summed E-state index contributed by atoms with van der Waals surface area (Å²) in [6.45, 7) is 4.67. The summed E-state index contributed by atoms with van der Waals surface area (Å²) in [6, 6.07) is 52.9. The fourth-order valence-electron chi connectivity index (χ4n) is 7.13. The quantitative estimate of drug-likeness (QED) is 0.193. The van der Waals surface area contributed by atoms with Crippen LogP contribution in [0, 0.1) is 0 Å². The molecule has 0 N–H and O–H groups in total. The van der Waals surface area contributed by atoms with Crippen molar-refractivity contribution in [2.45, 2.75) is 19.3 Å². The van der Waals surface area contributed by atoms with Gasteiger partial charge < -0.3 is 4.57 Å². The van der Waals surface area contributed by atoms with Crippen LogP contribution in [-0.4, -0.2) is 0 Å². The normalized spacial score (nSPS) is 13.6. The Labute approximate surface area is 252 Å². The maximum Gasteiger partial charge on any atom is 0.171 e. The van der Waals surface area contributed by atoms with Crippen LogP contribution in [-0.2, 0) is 9.98 Å². The molecular weight excluding hydrogens is 539 g/mol. The molecule has 0 amide bonds. The second kappa shape index (κ2) is 9.66. The molecule has 0 saturated heterocycles. The van der Waals surface area contributed by atoms with Crippen molar-refractivity contribution in [3.05, 3.63) is 163 Å². The zero-order valence-electron chi connectivity index (χ0n) is 24.3. The Morgan fingerprint density at radius 1 is 0.465 bits per heavy atom. The maximum absolute atomic E-state index is 15.3. The summed E-state index contributed by atoms with van der Waals surface area (Å²) < 4.78 is 15.3. The molecule has 0 heterocycles. The Hall–Kier alpha value is -4.71. The Bertz CT molecular complexity index is 2190.